The Morgan fingerprint density at radius 2 is 2.23 bits per heavy atom. The van der Waals surface area contributed by atoms with Crippen molar-refractivity contribution in [1.82, 2.24) is 0 Å². The van der Waals surface area contributed by atoms with Crippen LogP contribution in [0.3, 0.4) is 0 Å². The van der Waals surface area contributed by atoms with E-state index in [1.807, 2.05) is 32.9 Å². The zero-order chi connectivity index (χ0) is 27.1. The van der Waals surface area contributed by atoms with Crippen LogP contribution < -0.4 is 0 Å². The summed E-state index contributed by atoms with van der Waals surface area (Å²) in [4.78, 5) is 25.2. The lowest BCUT2D eigenvalue weighted by Gasteiger charge is -2.44. The maximum absolute atomic E-state index is 13.0. The summed E-state index contributed by atoms with van der Waals surface area (Å²) in [6.07, 6.45) is 2.89. The Labute approximate surface area is 189 Å². The molecule has 168 valence electrons. The van der Waals surface area contributed by atoms with Gasteiger partial charge in [0.2, 0.25) is 1.43 Å². The summed E-state index contributed by atoms with van der Waals surface area (Å²) in [6, 6.07) is 0. The summed E-state index contributed by atoms with van der Waals surface area (Å²) in [5, 5.41) is 4.50. The molecule has 0 amide bonds. The van der Waals surface area contributed by atoms with E-state index in [1.165, 1.54) is 0 Å². The summed E-state index contributed by atoms with van der Waals surface area (Å²) in [7, 11) is 0. The molecular weight excluding hydrogens is 380 g/mol. The van der Waals surface area contributed by atoms with Gasteiger partial charge < -0.3 is 14.6 Å². The predicted octanol–water partition coefficient (Wildman–Crippen LogP) is 4.59. The average molecular weight is 425 g/mol. The van der Waals surface area contributed by atoms with E-state index in [2.05, 4.69) is 12.0 Å². The standard InChI is InChI=1S/C25H38O5/c1-6-25(4,5)24(28)30-21-12-15(2)11-17-8-7-16(3)20(23(17)21)10-9-19-13-18(26)14-22(27)29-19/h7-8,11,15-16,18-21,23,26H,6,9-10,12-14H2,1-5H3/t15-,16-,18+,19?,20-,21-,23-/m0/s1/i2D3,14D2,26D. The maximum atomic E-state index is 13.0. The van der Waals surface area contributed by atoms with Gasteiger partial charge >= 0.3 is 11.9 Å². The number of hydrogen-bond acceptors (Lipinski definition) is 5. The molecule has 0 saturated carbocycles. The number of esters is 2. The Morgan fingerprint density at radius 1 is 1.43 bits per heavy atom. The quantitative estimate of drug-likeness (QED) is 0.605. The number of carbonyl (C=O) groups excluding carboxylic acids is 2. The van der Waals surface area contributed by atoms with Crippen LogP contribution in [0, 0.1) is 29.1 Å². The Hall–Kier alpha value is -1.62. The summed E-state index contributed by atoms with van der Waals surface area (Å²) < 4.78 is 58.1. The Balaban J connectivity index is 1.85. The van der Waals surface area contributed by atoms with Gasteiger partial charge in [0.15, 0.2) is 0 Å². The van der Waals surface area contributed by atoms with Gasteiger partial charge in [0.1, 0.15) is 12.2 Å². The van der Waals surface area contributed by atoms with Crippen molar-refractivity contribution in [1.29, 1.82) is 1.43 Å². The molecule has 5 heteroatoms. The van der Waals surface area contributed by atoms with Gasteiger partial charge in [-0.05, 0) is 62.9 Å². The molecule has 1 heterocycles. The van der Waals surface area contributed by atoms with Crippen LogP contribution in [0.4, 0.5) is 0 Å². The van der Waals surface area contributed by atoms with Gasteiger partial charge in [-0.1, -0.05) is 38.9 Å². The third-order valence-electron chi connectivity index (χ3n) is 6.94. The molecule has 0 radical (unpaired) electrons. The van der Waals surface area contributed by atoms with Crippen LogP contribution >= 0.6 is 0 Å². The van der Waals surface area contributed by atoms with E-state index in [4.69, 9.17) is 17.8 Å². The smallest absolute Gasteiger partial charge is 0.311 e. The van der Waals surface area contributed by atoms with Gasteiger partial charge in [0.05, 0.1) is 17.9 Å². The van der Waals surface area contributed by atoms with Gasteiger partial charge in [-0.15, -0.1) is 0 Å². The Kier molecular flexibility index (Phi) is 4.96. The van der Waals surface area contributed by atoms with E-state index < -0.39 is 48.8 Å². The molecule has 3 rings (SSSR count). The molecule has 0 bridgehead atoms. The third-order valence-corrected chi connectivity index (χ3v) is 6.94. The number of fused-ring (bicyclic) bond motifs is 1. The highest BCUT2D eigenvalue weighted by atomic mass is 16.6. The molecular formula is C25H38O5. The Bertz CT molecular complexity index is 896. The second-order valence-electron chi connectivity index (χ2n) is 9.57. The largest absolute Gasteiger partial charge is 0.462 e. The van der Waals surface area contributed by atoms with Crippen molar-refractivity contribution in [2.45, 2.75) is 91.3 Å². The van der Waals surface area contributed by atoms with E-state index in [-0.39, 0.29) is 36.6 Å². The molecule has 30 heavy (non-hydrogen) atoms. The van der Waals surface area contributed by atoms with Crippen molar-refractivity contribution < 1.29 is 31.0 Å². The Morgan fingerprint density at radius 3 is 2.93 bits per heavy atom. The predicted molar refractivity (Wildman–Crippen MR) is 115 cm³/mol. The summed E-state index contributed by atoms with van der Waals surface area (Å²) in [6.45, 7) is 5.39. The number of allylic oxidation sites excluding steroid dienone is 3. The monoisotopic (exact) mass is 424 g/mol. The molecule has 1 aliphatic heterocycles. The number of carbonyl (C=O) groups is 2. The van der Waals surface area contributed by atoms with E-state index in [0.717, 1.165) is 5.57 Å². The molecule has 3 aliphatic rings. The summed E-state index contributed by atoms with van der Waals surface area (Å²) in [5.74, 6) is -2.20. The first kappa shape index (κ1) is 16.1. The number of aliphatic hydroxyl groups is 1. The van der Waals surface area contributed by atoms with Crippen LogP contribution in [0.1, 0.15) is 79.9 Å². The van der Waals surface area contributed by atoms with Gasteiger partial charge in [0, 0.05) is 19.2 Å². The molecule has 0 aromatic heterocycles. The zero-order valence-corrected chi connectivity index (χ0v) is 18.4. The van der Waals surface area contributed by atoms with Crippen molar-refractivity contribution in [2.75, 3.05) is 0 Å². The molecule has 0 aromatic rings. The van der Waals surface area contributed by atoms with Crippen LogP contribution in [-0.2, 0) is 19.1 Å². The SMILES string of the molecule is [2H]O[C@@H]1CC(CC[C@@H]2[C@@H]3C(=C[C@H](C([2H])([2H])[2H])C[C@@H]3OC(=O)C(C)(C)CC)C=C[C@@H]2C)OC(=O)C1([2H])[2H]. The molecule has 1 unspecified atom stereocenters. The zero-order valence-electron chi connectivity index (χ0n) is 24.4. The van der Waals surface area contributed by atoms with E-state index >= 15 is 0 Å². The molecule has 1 saturated heterocycles. The fraction of sp³-hybridized carbons (Fsp3) is 0.760. The van der Waals surface area contributed by atoms with Gasteiger partial charge in [-0.2, -0.15) is 0 Å². The molecule has 1 fully saturated rings. The van der Waals surface area contributed by atoms with E-state index in [0.29, 0.717) is 19.3 Å². The molecule has 0 aromatic carbocycles. The number of rotatable bonds is 7. The minimum absolute atomic E-state index is 0.00546. The number of aliphatic hydroxyl groups excluding tert-OH is 1. The molecule has 0 spiro atoms. The van der Waals surface area contributed by atoms with Crippen LogP contribution in [-0.4, -0.2) is 36.8 Å². The third kappa shape index (κ3) is 5.16. The van der Waals surface area contributed by atoms with Gasteiger partial charge in [-0.3, -0.25) is 9.59 Å². The highest BCUT2D eigenvalue weighted by molar-refractivity contribution is 5.76. The number of hydrogen-bond donors (Lipinski definition) is 1. The minimum atomic E-state index is -2.37. The lowest BCUT2D eigenvalue weighted by molar-refractivity contribution is -0.166. The summed E-state index contributed by atoms with van der Waals surface area (Å²) >= 11 is 0. The van der Waals surface area contributed by atoms with Crippen molar-refractivity contribution >= 4 is 11.9 Å². The first-order chi connectivity index (χ1) is 16.6. The lowest BCUT2D eigenvalue weighted by Crippen LogP contribution is -2.43. The molecule has 7 atom stereocenters. The van der Waals surface area contributed by atoms with Gasteiger partial charge in [-0.25, -0.2) is 0 Å². The van der Waals surface area contributed by atoms with E-state index in [9.17, 15) is 9.59 Å². The average Bonchev–Trinajstić information content (AvgIpc) is 2.79. The fourth-order valence-corrected chi connectivity index (χ4v) is 4.67. The molecule has 2 aliphatic carbocycles. The van der Waals surface area contributed by atoms with E-state index in [1.54, 1.807) is 6.08 Å². The van der Waals surface area contributed by atoms with Crippen LogP contribution in [0.25, 0.3) is 0 Å². The molecule has 5 nitrogen and oxygen atoms in total. The van der Waals surface area contributed by atoms with Crippen molar-refractivity contribution in [3.63, 3.8) is 0 Å². The second-order valence-corrected chi connectivity index (χ2v) is 9.57. The van der Waals surface area contributed by atoms with Crippen LogP contribution in [0.5, 0.6) is 0 Å². The normalized spacial score (nSPS) is 41.5. The number of cyclic esters (lactones) is 1. The van der Waals surface area contributed by atoms with Gasteiger partial charge in [0.25, 0.3) is 0 Å². The summed E-state index contributed by atoms with van der Waals surface area (Å²) in [5.41, 5.74) is 0.158. The number of ether oxygens (including phenoxy) is 2. The van der Waals surface area contributed by atoms with Crippen LogP contribution in [0.15, 0.2) is 23.8 Å². The highest BCUT2D eigenvalue weighted by Gasteiger charge is 2.43. The van der Waals surface area contributed by atoms with Crippen molar-refractivity contribution in [3.05, 3.63) is 23.8 Å². The first-order valence-corrected chi connectivity index (χ1v) is 11.1. The van der Waals surface area contributed by atoms with Crippen LogP contribution in [0.2, 0.25) is 0 Å². The topological polar surface area (TPSA) is 72.8 Å². The second kappa shape index (κ2) is 9.25. The minimum Gasteiger partial charge on any atom is -0.462 e. The maximum Gasteiger partial charge on any atom is 0.311 e. The molecule has 1 N–H and O–H groups in total. The van der Waals surface area contributed by atoms with Crippen molar-refractivity contribution in [3.8, 4) is 0 Å². The lowest BCUT2D eigenvalue weighted by atomic mass is 9.65. The highest BCUT2D eigenvalue weighted by Crippen LogP contribution is 2.45. The first-order valence-electron chi connectivity index (χ1n) is 14.0. The van der Waals surface area contributed by atoms with Crippen molar-refractivity contribution in [2.24, 2.45) is 29.1 Å². The fourth-order valence-electron chi connectivity index (χ4n) is 4.67.